The highest BCUT2D eigenvalue weighted by atomic mass is 16.7. The predicted molar refractivity (Wildman–Crippen MR) is 101 cm³/mol. The van der Waals surface area contributed by atoms with Crippen molar-refractivity contribution in [3.8, 4) is 5.75 Å². The van der Waals surface area contributed by atoms with E-state index in [4.69, 9.17) is 23.7 Å². The first kappa shape index (κ1) is 21.0. The van der Waals surface area contributed by atoms with Crippen LogP contribution in [-0.4, -0.2) is 55.0 Å². The van der Waals surface area contributed by atoms with E-state index in [1.54, 1.807) is 14.0 Å². The van der Waals surface area contributed by atoms with Gasteiger partial charge in [0.25, 0.3) is 0 Å². The molecule has 0 aliphatic carbocycles. The summed E-state index contributed by atoms with van der Waals surface area (Å²) in [6.45, 7) is 7.37. The normalized spacial score (nSPS) is 36.9. The number of carbonyl (C=O) groups is 1. The van der Waals surface area contributed by atoms with Gasteiger partial charge in [-0.05, 0) is 38.0 Å². The number of carbonyl (C=O) groups excluding carboxylic acids is 1. The molecule has 7 heteroatoms. The summed E-state index contributed by atoms with van der Waals surface area (Å²) < 4.78 is 28.6. The van der Waals surface area contributed by atoms with Crippen LogP contribution in [0.25, 0.3) is 0 Å². The van der Waals surface area contributed by atoms with Crippen molar-refractivity contribution in [1.82, 2.24) is 0 Å². The van der Waals surface area contributed by atoms with Crippen molar-refractivity contribution in [3.05, 3.63) is 29.8 Å². The highest BCUT2D eigenvalue weighted by molar-refractivity contribution is 5.65. The Morgan fingerprint density at radius 3 is 2.46 bits per heavy atom. The third-order valence-electron chi connectivity index (χ3n) is 6.13. The van der Waals surface area contributed by atoms with Crippen LogP contribution in [0.4, 0.5) is 0 Å². The van der Waals surface area contributed by atoms with Crippen LogP contribution in [0.2, 0.25) is 0 Å². The van der Waals surface area contributed by atoms with Gasteiger partial charge in [-0.1, -0.05) is 19.1 Å². The lowest BCUT2D eigenvalue weighted by Gasteiger charge is -2.41. The molecule has 0 unspecified atom stereocenters. The minimum Gasteiger partial charge on any atom is -0.497 e. The number of rotatable bonds is 7. The lowest BCUT2D eigenvalue weighted by Crippen LogP contribution is -2.55. The van der Waals surface area contributed by atoms with Gasteiger partial charge in [0.15, 0.2) is 6.29 Å². The van der Waals surface area contributed by atoms with Crippen molar-refractivity contribution < 1.29 is 33.6 Å². The van der Waals surface area contributed by atoms with Crippen molar-refractivity contribution in [2.45, 2.75) is 70.9 Å². The first-order chi connectivity index (χ1) is 13.2. The average molecular weight is 394 g/mol. The van der Waals surface area contributed by atoms with E-state index in [2.05, 4.69) is 0 Å². The van der Waals surface area contributed by atoms with Gasteiger partial charge in [0.05, 0.1) is 25.2 Å². The van der Waals surface area contributed by atoms with Crippen molar-refractivity contribution in [2.24, 2.45) is 5.41 Å². The van der Waals surface area contributed by atoms with Crippen molar-refractivity contribution in [3.63, 3.8) is 0 Å². The zero-order valence-corrected chi connectivity index (χ0v) is 17.1. The van der Waals surface area contributed by atoms with E-state index in [0.717, 1.165) is 11.3 Å². The van der Waals surface area contributed by atoms with Gasteiger partial charge >= 0.3 is 5.97 Å². The van der Waals surface area contributed by atoms with Crippen LogP contribution in [0.15, 0.2) is 24.3 Å². The molecule has 2 aliphatic rings. The van der Waals surface area contributed by atoms with Crippen LogP contribution in [0, 0.1) is 5.41 Å². The van der Waals surface area contributed by atoms with Crippen molar-refractivity contribution >= 4 is 5.97 Å². The second-order valence-electron chi connectivity index (χ2n) is 7.85. The van der Waals surface area contributed by atoms with Crippen LogP contribution in [0.5, 0.6) is 5.75 Å². The number of hydrogen-bond donors (Lipinski definition) is 1. The summed E-state index contributed by atoms with van der Waals surface area (Å²) >= 11 is 0. The van der Waals surface area contributed by atoms with Gasteiger partial charge in [-0.3, -0.25) is 4.79 Å². The Morgan fingerprint density at radius 1 is 1.21 bits per heavy atom. The smallest absolute Gasteiger partial charge is 0.302 e. The minimum atomic E-state index is -1.15. The van der Waals surface area contributed by atoms with Gasteiger partial charge < -0.3 is 28.8 Å². The second kappa shape index (κ2) is 7.99. The molecule has 2 aliphatic heterocycles. The Bertz CT molecular complexity index is 686. The minimum absolute atomic E-state index is 0.0466. The largest absolute Gasteiger partial charge is 0.497 e. The number of hydrogen-bond acceptors (Lipinski definition) is 7. The Morgan fingerprint density at radius 2 is 1.89 bits per heavy atom. The molecule has 0 saturated carbocycles. The SMILES string of the molecule is CC[C@H]1O[C@@H]2O[C@H](COC(C)=O)[C@H](OCc3ccc(OC)cc3)[C@]2(C)[C@@]1(C)O. The number of ether oxygens (including phenoxy) is 5. The van der Waals surface area contributed by atoms with Gasteiger partial charge in [-0.25, -0.2) is 0 Å². The molecule has 0 bridgehead atoms. The molecule has 6 atom stereocenters. The first-order valence-electron chi connectivity index (χ1n) is 9.65. The van der Waals surface area contributed by atoms with E-state index in [0.29, 0.717) is 13.0 Å². The van der Waals surface area contributed by atoms with Crippen LogP contribution in [0.1, 0.15) is 39.7 Å². The van der Waals surface area contributed by atoms with Gasteiger partial charge in [0.2, 0.25) is 0 Å². The molecule has 0 amide bonds. The van der Waals surface area contributed by atoms with E-state index in [-0.39, 0.29) is 18.7 Å². The van der Waals surface area contributed by atoms with Gasteiger partial charge in [-0.2, -0.15) is 0 Å². The number of methoxy groups -OCH3 is 1. The number of benzene rings is 1. The summed E-state index contributed by atoms with van der Waals surface area (Å²) in [4.78, 5) is 11.3. The number of fused-ring (bicyclic) bond motifs is 1. The predicted octanol–water partition coefficient (Wildman–Crippen LogP) is 2.43. The highest BCUT2D eigenvalue weighted by Gasteiger charge is 2.70. The molecule has 156 valence electrons. The van der Waals surface area contributed by atoms with Crippen LogP contribution in [0.3, 0.4) is 0 Å². The monoisotopic (exact) mass is 394 g/mol. The molecule has 1 aromatic rings. The third-order valence-corrected chi connectivity index (χ3v) is 6.13. The second-order valence-corrected chi connectivity index (χ2v) is 7.85. The quantitative estimate of drug-likeness (QED) is 0.711. The lowest BCUT2D eigenvalue weighted by atomic mass is 9.69. The molecule has 1 aromatic carbocycles. The molecule has 3 rings (SSSR count). The summed E-state index contributed by atoms with van der Waals surface area (Å²) in [5.74, 6) is 0.379. The van der Waals surface area contributed by atoms with Gasteiger partial charge in [-0.15, -0.1) is 0 Å². The molecule has 28 heavy (non-hydrogen) atoms. The van der Waals surface area contributed by atoms with Gasteiger partial charge in [0, 0.05) is 6.92 Å². The number of esters is 1. The van der Waals surface area contributed by atoms with Crippen LogP contribution < -0.4 is 4.74 Å². The maximum Gasteiger partial charge on any atom is 0.302 e. The molecule has 0 radical (unpaired) electrons. The third kappa shape index (κ3) is 3.52. The molecule has 0 aromatic heterocycles. The maximum atomic E-state index is 11.3. The molecular weight excluding hydrogens is 364 g/mol. The van der Waals surface area contributed by atoms with Crippen LogP contribution >= 0.6 is 0 Å². The molecule has 2 heterocycles. The maximum absolute atomic E-state index is 11.3. The van der Waals surface area contributed by atoms with Gasteiger partial charge in [0.1, 0.15) is 30.2 Å². The molecule has 2 saturated heterocycles. The Labute approximate surface area is 165 Å². The summed E-state index contributed by atoms with van der Waals surface area (Å²) in [5, 5.41) is 11.3. The summed E-state index contributed by atoms with van der Waals surface area (Å²) in [6, 6.07) is 7.58. The highest BCUT2D eigenvalue weighted by Crippen LogP contribution is 2.56. The topological polar surface area (TPSA) is 83.5 Å². The Balaban J connectivity index is 1.81. The molecule has 0 spiro atoms. The molecular formula is C21H30O7. The summed E-state index contributed by atoms with van der Waals surface area (Å²) in [5.41, 5.74) is -0.989. The fraction of sp³-hybridized carbons (Fsp3) is 0.667. The number of aliphatic hydroxyl groups is 1. The molecule has 2 fully saturated rings. The standard InChI is InChI=1S/C21H30O7/c1-6-17-21(4,23)20(3)18(16(12-25-13(2)22)27-19(20)28-17)26-11-14-7-9-15(24-5)10-8-14/h7-10,16-19,23H,6,11-12H2,1-5H3/t16-,17-,18+,19+,20+,21+/m1/s1. The van der Waals surface area contributed by atoms with E-state index in [9.17, 15) is 9.90 Å². The zero-order chi connectivity index (χ0) is 20.5. The average Bonchev–Trinajstić information content (AvgIpc) is 3.05. The van der Waals surface area contributed by atoms with E-state index in [1.807, 2.05) is 38.1 Å². The van der Waals surface area contributed by atoms with E-state index >= 15 is 0 Å². The fourth-order valence-electron chi connectivity index (χ4n) is 4.23. The van der Waals surface area contributed by atoms with Crippen molar-refractivity contribution in [2.75, 3.05) is 13.7 Å². The molecule has 7 nitrogen and oxygen atoms in total. The van der Waals surface area contributed by atoms with Crippen LogP contribution in [-0.2, 0) is 30.3 Å². The Hall–Kier alpha value is -1.67. The zero-order valence-electron chi connectivity index (χ0n) is 17.1. The fourth-order valence-corrected chi connectivity index (χ4v) is 4.23. The first-order valence-corrected chi connectivity index (χ1v) is 9.65. The summed E-state index contributed by atoms with van der Waals surface area (Å²) in [7, 11) is 1.62. The lowest BCUT2D eigenvalue weighted by molar-refractivity contribution is -0.174. The Kier molecular flexibility index (Phi) is 6.00. The summed E-state index contributed by atoms with van der Waals surface area (Å²) in [6.07, 6.45) is -1.37. The van der Waals surface area contributed by atoms with E-state index < -0.39 is 29.5 Å². The van der Waals surface area contributed by atoms with Crippen molar-refractivity contribution in [1.29, 1.82) is 0 Å². The molecule has 1 N–H and O–H groups in total. The van der Waals surface area contributed by atoms with E-state index in [1.165, 1.54) is 6.92 Å².